The predicted molar refractivity (Wildman–Crippen MR) is 62.1 cm³/mol. The van der Waals surface area contributed by atoms with Crippen LogP contribution in [0.1, 0.15) is 32.1 Å². The topological polar surface area (TPSA) is 49.8 Å². The van der Waals surface area contributed by atoms with Gasteiger partial charge in [0.15, 0.2) is 0 Å². The Hall–Kier alpha value is -0.610. The lowest BCUT2D eigenvalue weighted by Gasteiger charge is -2.27. The first kappa shape index (κ1) is 13.5. The van der Waals surface area contributed by atoms with E-state index in [1.54, 1.807) is 19.1 Å². The van der Waals surface area contributed by atoms with Crippen LogP contribution in [-0.4, -0.2) is 49.3 Å². The summed E-state index contributed by atoms with van der Waals surface area (Å²) in [6.07, 6.45) is 4.99. The SMILES string of the molecule is COCC(O)CN(C)C(=O)C1CCCCC1. The van der Waals surface area contributed by atoms with Crippen molar-refractivity contribution in [2.75, 3.05) is 27.3 Å². The lowest BCUT2D eigenvalue weighted by Crippen LogP contribution is -2.40. The number of likely N-dealkylation sites (N-methyl/N-ethyl adjacent to an activating group) is 1. The lowest BCUT2D eigenvalue weighted by molar-refractivity contribution is -0.136. The first-order chi connectivity index (χ1) is 7.65. The molecule has 0 aliphatic heterocycles. The van der Waals surface area contributed by atoms with Crippen molar-refractivity contribution in [2.45, 2.75) is 38.2 Å². The van der Waals surface area contributed by atoms with E-state index in [0.717, 1.165) is 25.7 Å². The molecule has 0 saturated heterocycles. The summed E-state index contributed by atoms with van der Waals surface area (Å²) in [5, 5.41) is 9.55. The Bertz CT molecular complexity index is 214. The average molecular weight is 229 g/mol. The number of hydrogen-bond acceptors (Lipinski definition) is 3. The molecule has 0 bridgehead atoms. The van der Waals surface area contributed by atoms with Gasteiger partial charge in [-0.05, 0) is 12.8 Å². The molecule has 1 fully saturated rings. The highest BCUT2D eigenvalue weighted by atomic mass is 16.5. The zero-order valence-corrected chi connectivity index (χ0v) is 10.3. The number of nitrogens with zero attached hydrogens (tertiary/aromatic N) is 1. The van der Waals surface area contributed by atoms with Crippen molar-refractivity contribution in [3.05, 3.63) is 0 Å². The molecule has 1 rings (SSSR count). The second-order valence-corrected chi connectivity index (χ2v) is 4.66. The van der Waals surface area contributed by atoms with E-state index < -0.39 is 6.10 Å². The highest BCUT2D eigenvalue weighted by molar-refractivity contribution is 5.78. The zero-order chi connectivity index (χ0) is 12.0. The standard InChI is InChI=1S/C12H23NO3/c1-13(8-11(14)9-16-2)12(15)10-6-4-3-5-7-10/h10-11,14H,3-9H2,1-2H3. The molecule has 16 heavy (non-hydrogen) atoms. The third-order valence-electron chi connectivity index (χ3n) is 3.17. The molecule has 1 atom stereocenters. The van der Waals surface area contributed by atoms with Gasteiger partial charge in [0.05, 0.1) is 12.7 Å². The number of methoxy groups -OCH3 is 1. The first-order valence-electron chi connectivity index (χ1n) is 6.07. The molecule has 4 nitrogen and oxygen atoms in total. The number of ether oxygens (including phenoxy) is 1. The van der Waals surface area contributed by atoms with Crippen LogP contribution in [0.5, 0.6) is 0 Å². The van der Waals surface area contributed by atoms with Gasteiger partial charge in [0, 0.05) is 26.6 Å². The fourth-order valence-corrected chi connectivity index (χ4v) is 2.31. The van der Waals surface area contributed by atoms with Gasteiger partial charge in [-0.1, -0.05) is 19.3 Å². The summed E-state index contributed by atoms with van der Waals surface area (Å²) in [6, 6.07) is 0. The first-order valence-corrected chi connectivity index (χ1v) is 6.07. The van der Waals surface area contributed by atoms with E-state index in [-0.39, 0.29) is 18.4 Å². The molecule has 1 aliphatic rings. The number of carbonyl (C=O) groups is 1. The van der Waals surface area contributed by atoms with Crippen molar-refractivity contribution in [1.29, 1.82) is 0 Å². The van der Waals surface area contributed by atoms with Gasteiger partial charge in [-0.25, -0.2) is 0 Å². The van der Waals surface area contributed by atoms with E-state index in [9.17, 15) is 9.90 Å². The summed E-state index contributed by atoms with van der Waals surface area (Å²) in [7, 11) is 3.31. The van der Waals surface area contributed by atoms with Gasteiger partial charge in [-0.15, -0.1) is 0 Å². The van der Waals surface area contributed by atoms with Crippen LogP contribution in [0.2, 0.25) is 0 Å². The predicted octanol–water partition coefficient (Wildman–Crippen LogP) is 1.03. The summed E-state index contributed by atoms with van der Waals surface area (Å²) in [5.41, 5.74) is 0. The molecule has 1 amide bonds. The van der Waals surface area contributed by atoms with Crippen molar-refractivity contribution < 1.29 is 14.6 Å². The number of amides is 1. The Morgan fingerprint density at radius 2 is 2.06 bits per heavy atom. The lowest BCUT2D eigenvalue weighted by atomic mass is 9.88. The molecular weight excluding hydrogens is 206 g/mol. The molecule has 0 aromatic carbocycles. The van der Waals surface area contributed by atoms with Gasteiger partial charge >= 0.3 is 0 Å². The van der Waals surface area contributed by atoms with E-state index in [1.165, 1.54) is 6.42 Å². The Balaban J connectivity index is 2.34. The van der Waals surface area contributed by atoms with Gasteiger partial charge in [0.2, 0.25) is 5.91 Å². The highest BCUT2D eigenvalue weighted by Crippen LogP contribution is 2.25. The Morgan fingerprint density at radius 1 is 1.44 bits per heavy atom. The molecule has 1 N–H and O–H groups in total. The van der Waals surface area contributed by atoms with Crippen molar-refractivity contribution in [1.82, 2.24) is 4.90 Å². The fourth-order valence-electron chi connectivity index (χ4n) is 2.31. The molecule has 0 spiro atoms. The second kappa shape index (κ2) is 6.86. The minimum absolute atomic E-state index is 0.175. The van der Waals surface area contributed by atoms with Crippen LogP contribution in [0.25, 0.3) is 0 Å². The van der Waals surface area contributed by atoms with E-state index in [1.807, 2.05) is 0 Å². The van der Waals surface area contributed by atoms with E-state index >= 15 is 0 Å². The third-order valence-corrected chi connectivity index (χ3v) is 3.17. The van der Waals surface area contributed by atoms with Crippen LogP contribution in [0.4, 0.5) is 0 Å². The van der Waals surface area contributed by atoms with E-state index in [0.29, 0.717) is 6.54 Å². The summed E-state index contributed by atoms with van der Waals surface area (Å²) in [4.78, 5) is 13.7. The van der Waals surface area contributed by atoms with Crippen LogP contribution in [0.15, 0.2) is 0 Å². The molecule has 1 unspecified atom stereocenters. The molecular formula is C12H23NO3. The number of hydrogen-bond donors (Lipinski definition) is 1. The quantitative estimate of drug-likeness (QED) is 0.766. The summed E-state index contributed by atoms with van der Waals surface area (Å²) >= 11 is 0. The molecule has 94 valence electrons. The van der Waals surface area contributed by atoms with Crippen LogP contribution in [-0.2, 0) is 9.53 Å². The van der Waals surface area contributed by atoms with E-state index in [2.05, 4.69) is 0 Å². The average Bonchev–Trinajstić information content (AvgIpc) is 2.29. The normalized spacial score (nSPS) is 19.4. The van der Waals surface area contributed by atoms with E-state index in [4.69, 9.17) is 4.74 Å². The Morgan fingerprint density at radius 3 is 2.62 bits per heavy atom. The van der Waals surface area contributed by atoms with Crippen molar-refractivity contribution in [3.8, 4) is 0 Å². The number of aliphatic hydroxyl groups excluding tert-OH is 1. The minimum Gasteiger partial charge on any atom is -0.389 e. The molecule has 0 radical (unpaired) electrons. The van der Waals surface area contributed by atoms with Gasteiger partial charge in [0.25, 0.3) is 0 Å². The Labute approximate surface area is 97.6 Å². The highest BCUT2D eigenvalue weighted by Gasteiger charge is 2.24. The molecule has 4 heteroatoms. The molecule has 0 aromatic rings. The van der Waals surface area contributed by atoms with Crippen LogP contribution in [0, 0.1) is 5.92 Å². The monoisotopic (exact) mass is 229 g/mol. The van der Waals surface area contributed by atoms with Crippen molar-refractivity contribution >= 4 is 5.91 Å². The molecule has 1 aliphatic carbocycles. The third kappa shape index (κ3) is 4.10. The minimum atomic E-state index is -0.581. The zero-order valence-electron chi connectivity index (χ0n) is 10.3. The van der Waals surface area contributed by atoms with Gasteiger partial charge in [-0.2, -0.15) is 0 Å². The maximum Gasteiger partial charge on any atom is 0.225 e. The molecule has 1 saturated carbocycles. The summed E-state index contributed by atoms with van der Waals surface area (Å²) in [6.45, 7) is 0.644. The van der Waals surface area contributed by atoms with Crippen molar-refractivity contribution in [2.24, 2.45) is 5.92 Å². The fraction of sp³-hybridized carbons (Fsp3) is 0.917. The van der Waals surface area contributed by atoms with Gasteiger partial charge < -0.3 is 14.7 Å². The smallest absolute Gasteiger partial charge is 0.225 e. The van der Waals surface area contributed by atoms with Crippen LogP contribution in [0.3, 0.4) is 0 Å². The van der Waals surface area contributed by atoms with Crippen LogP contribution < -0.4 is 0 Å². The largest absolute Gasteiger partial charge is 0.389 e. The second-order valence-electron chi connectivity index (χ2n) is 4.66. The number of carbonyl (C=O) groups excluding carboxylic acids is 1. The Kier molecular flexibility index (Phi) is 5.77. The summed E-state index contributed by atoms with van der Waals surface area (Å²) in [5.74, 6) is 0.350. The maximum atomic E-state index is 12.0. The van der Waals surface area contributed by atoms with Crippen LogP contribution >= 0.6 is 0 Å². The molecule has 0 aromatic heterocycles. The maximum absolute atomic E-state index is 12.0. The number of rotatable bonds is 5. The number of aliphatic hydroxyl groups is 1. The van der Waals surface area contributed by atoms with Crippen molar-refractivity contribution in [3.63, 3.8) is 0 Å². The van der Waals surface area contributed by atoms with Gasteiger partial charge in [0.1, 0.15) is 0 Å². The van der Waals surface area contributed by atoms with Gasteiger partial charge in [-0.3, -0.25) is 4.79 Å². The summed E-state index contributed by atoms with van der Waals surface area (Å²) < 4.78 is 4.84. The molecule has 0 heterocycles.